The first kappa shape index (κ1) is 14.3. The summed E-state index contributed by atoms with van der Waals surface area (Å²) in [5.41, 5.74) is 1.08. The largest absolute Gasteiger partial charge is 0.385 e. The first-order valence-corrected chi connectivity index (χ1v) is 7.09. The monoisotopic (exact) mass is 264 g/mol. The molecule has 0 saturated carbocycles. The molecule has 2 rings (SSSR count). The van der Waals surface area contributed by atoms with Gasteiger partial charge in [-0.2, -0.15) is 0 Å². The SMILES string of the molecule is COCCCOC1CCN(c2cccc(C)n2)CC1. The van der Waals surface area contributed by atoms with E-state index in [-0.39, 0.29) is 0 Å². The molecule has 1 fully saturated rings. The maximum absolute atomic E-state index is 5.87. The number of hydrogen-bond acceptors (Lipinski definition) is 4. The van der Waals surface area contributed by atoms with Crippen molar-refractivity contribution in [2.24, 2.45) is 0 Å². The van der Waals surface area contributed by atoms with Crippen LogP contribution in [-0.4, -0.2) is 44.5 Å². The molecular formula is C15H24N2O2. The standard InChI is InChI=1S/C15H24N2O2/c1-13-5-3-6-15(16-13)17-9-7-14(8-10-17)19-12-4-11-18-2/h3,5-6,14H,4,7-12H2,1-2H3. The Labute approximate surface area is 115 Å². The Bertz CT molecular complexity index is 376. The highest BCUT2D eigenvalue weighted by atomic mass is 16.5. The van der Waals surface area contributed by atoms with E-state index < -0.39 is 0 Å². The minimum absolute atomic E-state index is 0.401. The van der Waals surface area contributed by atoms with Crippen LogP contribution >= 0.6 is 0 Å². The second-order valence-corrected chi connectivity index (χ2v) is 5.04. The molecule has 19 heavy (non-hydrogen) atoms. The van der Waals surface area contributed by atoms with Crippen molar-refractivity contribution >= 4 is 5.82 Å². The molecule has 0 atom stereocenters. The van der Waals surface area contributed by atoms with E-state index >= 15 is 0 Å². The second-order valence-electron chi connectivity index (χ2n) is 5.04. The van der Waals surface area contributed by atoms with Gasteiger partial charge in [0.2, 0.25) is 0 Å². The molecule has 4 nitrogen and oxygen atoms in total. The summed E-state index contributed by atoms with van der Waals surface area (Å²) in [5.74, 6) is 1.10. The van der Waals surface area contributed by atoms with Gasteiger partial charge in [-0.3, -0.25) is 0 Å². The number of aryl methyl sites for hydroxylation is 1. The van der Waals surface area contributed by atoms with Crippen LogP contribution in [0.2, 0.25) is 0 Å². The summed E-state index contributed by atoms with van der Waals surface area (Å²) in [5, 5.41) is 0. The average Bonchev–Trinajstić information content (AvgIpc) is 2.44. The van der Waals surface area contributed by atoms with Gasteiger partial charge < -0.3 is 14.4 Å². The second kappa shape index (κ2) is 7.46. The van der Waals surface area contributed by atoms with Crippen LogP contribution in [0.3, 0.4) is 0 Å². The number of nitrogens with zero attached hydrogens (tertiary/aromatic N) is 2. The van der Waals surface area contributed by atoms with Crippen molar-refractivity contribution in [3.8, 4) is 0 Å². The lowest BCUT2D eigenvalue weighted by Gasteiger charge is -2.32. The van der Waals surface area contributed by atoms with E-state index in [0.29, 0.717) is 6.10 Å². The van der Waals surface area contributed by atoms with Gasteiger partial charge in [0.15, 0.2) is 0 Å². The molecule has 0 aromatic carbocycles. The number of hydrogen-bond donors (Lipinski definition) is 0. The highest BCUT2D eigenvalue weighted by molar-refractivity contribution is 5.39. The predicted octanol–water partition coefficient (Wildman–Crippen LogP) is 2.41. The van der Waals surface area contributed by atoms with Gasteiger partial charge in [-0.1, -0.05) is 6.07 Å². The minimum Gasteiger partial charge on any atom is -0.385 e. The van der Waals surface area contributed by atoms with E-state index in [2.05, 4.69) is 22.0 Å². The molecule has 2 heterocycles. The van der Waals surface area contributed by atoms with E-state index in [0.717, 1.165) is 57.1 Å². The Morgan fingerprint density at radius 2 is 2.05 bits per heavy atom. The molecule has 1 aliphatic heterocycles. The molecule has 0 aliphatic carbocycles. The van der Waals surface area contributed by atoms with E-state index in [1.54, 1.807) is 7.11 Å². The van der Waals surface area contributed by atoms with E-state index in [1.807, 2.05) is 13.0 Å². The molecular weight excluding hydrogens is 240 g/mol. The number of rotatable bonds is 6. The maximum Gasteiger partial charge on any atom is 0.128 e. The van der Waals surface area contributed by atoms with Gasteiger partial charge in [-0.15, -0.1) is 0 Å². The molecule has 4 heteroatoms. The van der Waals surface area contributed by atoms with E-state index in [1.165, 1.54) is 0 Å². The Hall–Kier alpha value is -1.13. The highest BCUT2D eigenvalue weighted by Gasteiger charge is 2.20. The van der Waals surface area contributed by atoms with Crippen LogP contribution in [0.15, 0.2) is 18.2 Å². The summed E-state index contributed by atoms with van der Waals surface area (Å²) in [7, 11) is 1.73. The topological polar surface area (TPSA) is 34.6 Å². The van der Waals surface area contributed by atoms with Gasteiger partial charge in [0.25, 0.3) is 0 Å². The Kier molecular flexibility index (Phi) is 5.61. The fourth-order valence-electron chi connectivity index (χ4n) is 2.41. The fraction of sp³-hybridized carbons (Fsp3) is 0.667. The summed E-state index contributed by atoms with van der Waals surface area (Å²) in [6.45, 7) is 5.69. The minimum atomic E-state index is 0.401. The molecule has 1 aromatic heterocycles. The lowest BCUT2D eigenvalue weighted by molar-refractivity contribution is 0.0257. The van der Waals surface area contributed by atoms with Gasteiger partial charge in [-0.05, 0) is 38.3 Å². The van der Waals surface area contributed by atoms with Crippen molar-refractivity contribution in [3.05, 3.63) is 23.9 Å². The maximum atomic E-state index is 5.87. The van der Waals surface area contributed by atoms with Crippen LogP contribution in [-0.2, 0) is 9.47 Å². The van der Waals surface area contributed by atoms with Crippen molar-refractivity contribution in [1.82, 2.24) is 4.98 Å². The number of piperidine rings is 1. The molecule has 0 N–H and O–H groups in total. The fourth-order valence-corrected chi connectivity index (χ4v) is 2.41. The quantitative estimate of drug-likeness (QED) is 0.739. The van der Waals surface area contributed by atoms with Gasteiger partial charge in [0.1, 0.15) is 5.82 Å². The highest BCUT2D eigenvalue weighted by Crippen LogP contribution is 2.19. The molecule has 1 saturated heterocycles. The number of ether oxygens (including phenoxy) is 2. The molecule has 1 aromatic rings. The number of pyridine rings is 1. The summed E-state index contributed by atoms with van der Waals surface area (Å²) in [6, 6.07) is 6.20. The third-order valence-electron chi connectivity index (χ3n) is 3.49. The average molecular weight is 264 g/mol. The van der Waals surface area contributed by atoms with Crippen molar-refractivity contribution < 1.29 is 9.47 Å². The summed E-state index contributed by atoms with van der Waals surface area (Å²) in [4.78, 5) is 6.93. The first-order valence-electron chi connectivity index (χ1n) is 7.09. The first-order chi connectivity index (χ1) is 9.29. The molecule has 106 valence electrons. The predicted molar refractivity (Wildman–Crippen MR) is 76.7 cm³/mol. The smallest absolute Gasteiger partial charge is 0.128 e. The van der Waals surface area contributed by atoms with Crippen molar-refractivity contribution in [2.45, 2.75) is 32.3 Å². The van der Waals surface area contributed by atoms with Crippen LogP contribution in [0.5, 0.6) is 0 Å². The van der Waals surface area contributed by atoms with Gasteiger partial charge in [0, 0.05) is 39.1 Å². The molecule has 0 amide bonds. The third kappa shape index (κ3) is 4.48. The zero-order chi connectivity index (χ0) is 13.5. The lowest BCUT2D eigenvalue weighted by Crippen LogP contribution is -2.37. The summed E-state index contributed by atoms with van der Waals surface area (Å²) in [6.07, 6.45) is 3.55. The van der Waals surface area contributed by atoms with Crippen LogP contribution in [0, 0.1) is 6.92 Å². The Balaban J connectivity index is 1.73. The van der Waals surface area contributed by atoms with Crippen LogP contribution < -0.4 is 4.90 Å². The normalized spacial score (nSPS) is 16.8. The number of anilines is 1. The van der Waals surface area contributed by atoms with Crippen LogP contribution in [0.25, 0.3) is 0 Å². The molecule has 0 radical (unpaired) electrons. The molecule has 0 unspecified atom stereocenters. The summed E-state index contributed by atoms with van der Waals surface area (Å²) < 4.78 is 10.9. The van der Waals surface area contributed by atoms with Crippen LogP contribution in [0.1, 0.15) is 25.0 Å². The lowest BCUT2D eigenvalue weighted by atomic mass is 10.1. The van der Waals surface area contributed by atoms with Gasteiger partial charge in [0.05, 0.1) is 6.10 Å². The zero-order valence-corrected chi connectivity index (χ0v) is 12.0. The molecule has 1 aliphatic rings. The van der Waals surface area contributed by atoms with E-state index in [4.69, 9.17) is 9.47 Å². The number of methoxy groups -OCH3 is 1. The van der Waals surface area contributed by atoms with Crippen LogP contribution in [0.4, 0.5) is 5.82 Å². The molecule has 0 spiro atoms. The Morgan fingerprint density at radius 3 is 2.74 bits per heavy atom. The number of aromatic nitrogens is 1. The van der Waals surface area contributed by atoms with Gasteiger partial charge in [-0.25, -0.2) is 4.98 Å². The van der Waals surface area contributed by atoms with Gasteiger partial charge >= 0.3 is 0 Å². The van der Waals surface area contributed by atoms with Crippen molar-refractivity contribution in [1.29, 1.82) is 0 Å². The van der Waals surface area contributed by atoms with Crippen molar-refractivity contribution in [3.63, 3.8) is 0 Å². The van der Waals surface area contributed by atoms with Crippen molar-refractivity contribution in [2.75, 3.05) is 38.3 Å². The third-order valence-corrected chi connectivity index (χ3v) is 3.49. The zero-order valence-electron chi connectivity index (χ0n) is 12.0. The van der Waals surface area contributed by atoms with E-state index in [9.17, 15) is 0 Å². The molecule has 0 bridgehead atoms. The summed E-state index contributed by atoms with van der Waals surface area (Å²) >= 11 is 0. The Morgan fingerprint density at radius 1 is 1.26 bits per heavy atom.